The average molecular weight is 402 g/mol. The highest BCUT2D eigenvalue weighted by molar-refractivity contribution is 6.38. The lowest BCUT2D eigenvalue weighted by Crippen LogP contribution is -2.37. The molecule has 146 valence electrons. The number of fused-ring (bicyclic) bond motifs is 1. The van der Waals surface area contributed by atoms with Gasteiger partial charge in [-0.1, -0.05) is 17.7 Å². The molecule has 2 aromatic heterocycles. The minimum atomic E-state index is -0.667. The number of nitrogens with zero attached hydrogens (tertiary/aromatic N) is 3. The molecule has 0 spiro atoms. The topological polar surface area (TPSA) is 55.3 Å². The second-order valence-corrected chi connectivity index (χ2v) is 7.60. The average Bonchev–Trinajstić information content (AvgIpc) is 2.62. The van der Waals surface area contributed by atoms with Gasteiger partial charge in [0.2, 0.25) is 0 Å². The number of hydrogen-bond acceptors (Lipinski definition) is 4. The van der Waals surface area contributed by atoms with Crippen LogP contribution in [0.15, 0.2) is 42.6 Å². The molecule has 1 aromatic carbocycles. The molecule has 0 N–H and O–H groups in total. The van der Waals surface area contributed by atoms with Crippen LogP contribution < -0.4 is 4.90 Å². The number of carbonyl (C=O) groups excluding carboxylic acids is 1. The molecule has 0 bridgehead atoms. The first kappa shape index (κ1) is 20.0. The lowest BCUT2D eigenvalue weighted by molar-refractivity contribution is 0.0581. The van der Waals surface area contributed by atoms with E-state index in [4.69, 9.17) is 16.3 Å². The molecule has 3 aromatic rings. The van der Waals surface area contributed by atoms with Gasteiger partial charge in [0, 0.05) is 18.1 Å². The maximum atomic E-state index is 13.8. The Bertz CT molecular complexity index is 1020. The number of aromatic nitrogens is 2. The van der Waals surface area contributed by atoms with E-state index >= 15 is 0 Å². The highest BCUT2D eigenvalue weighted by Crippen LogP contribution is 2.40. The molecular weight excluding hydrogens is 381 g/mol. The van der Waals surface area contributed by atoms with Crippen LogP contribution in [0, 0.1) is 5.82 Å². The van der Waals surface area contributed by atoms with Crippen LogP contribution in [-0.2, 0) is 4.74 Å². The van der Waals surface area contributed by atoms with Crippen molar-refractivity contribution in [1.82, 2.24) is 9.97 Å². The second-order valence-electron chi connectivity index (χ2n) is 7.23. The van der Waals surface area contributed by atoms with Gasteiger partial charge in [-0.05, 0) is 58.0 Å². The standard InChI is InChI=1S/C21H21ClFN3O2/c1-5-26(20(27)28-21(2,3)4)19-17(16-8-6-7-11-24-16)18(22)14-12-13(23)9-10-15(14)25-19/h6-12H,5H2,1-4H3. The van der Waals surface area contributed by atoms with Gasteiger partial charge < -0.3 is 4.74 Å². The number of anilines is 1. The molecule has 0 aliphatic rings. The summed E-state index contributed by atoms with van der Waals surface area (Å²) in [5.41, 5.74) is 0.790. The Morgan fingerprint density at radius 2 is 2.00 bits per heavy atom. The number of pyridine rings is 2. The first-order valence-corrected chi connectivity index (χ1v) is 9.29. The molecular formula is C21H21ClFN3O2. The zero-order valence-electron chi connectivity index (χ0n) is 16.2. The van der Waals surface area contributed by atoms with Gasteiger partial charge in [0.15, 0.2) is 0 Å². The number of rotatable bonds is 3. The van der Waals surface area contributed by atoms with Crippen molar-refractivity contribution >= 4 is 34.4 Å². The molecule has 1 amide bonds. The normalized spacial score (nSPS) is 11.5. The predicted octanol–water partition coefficient (Wildman–Crippen LogP) is 5.85. The second kappa shape index (κ2) is 7.72. The van der Waals surface area contributed by atoms with Crippen LogP contribution in [0.3, 0.4) is 0 Å². The van der Waals surface area contributed by atoms with Gasteiger partial charge in [-0.2, -0.15) is 0 Å². The third kappa shape index (κ3) is 4.07. The van der Waals surface area contributed by atoms with E-state index in [0.717, 1.165) is 0 Å². The summed E-state index contributed by atoms with van der Waals surface area (Å²) in [4.78, 5) is 23.2. The fourth-order valence-electron chi connectivity index (χ4n) is 2.80. The van der Waals surface area contributed by atoms with Gasteiger partial charge in [0.25, 0.3) is 0 Å². The summed E-state index contributed by atoms with van der Waals surface area (Å²) in [6.45, 7) is 7.51. The molecule has 28 heavy (non-hydrogen) atoms. The third-order valence-corrected chi connectivity index (χ3v) is 4.36. The molecule has 5 nitrogen and oxygen atoms in total. The van der Waals surface area contributed by atoms with Gasteiger partial charge in [-0.15, -0.1) is 0 Å². The van der Waals surface area contributed by atoms with E-state index in [-0.39, 0.29) is 5.02 Å². The number of amides is 1. The Balaban J connectivity index is 2.28. The zero-order valence-corrected chi connectivity index (χ0v) is 16.9. The van der Waals surface area contributed by atoms with Crippen LogP contribution in [-0.4, -0.2) is 28.2 Å². The Kier molecular flexibility index (Phi) is 5.52. The summed E-state index contributed by atoms with van der Waals surface area (Å²) in [5.74, 6) is -0.102. The van der Waals surface area contributed by atoms with E-state index in [0.29, 0.717) is 34.5 Å². The highest BCUT2D eigenvalue weighted by atomic mass is 35.5. The van der Waals surface area contributed by atoms with Crippen molar-refractivity contribution in [1.29, 1.82) is 0 Å². The van der Waals surface area contributed by atoms with E-state index in [1.54, 1.807) is 39.1 Å². The minimum absolute atomic E-state index is 0.278. The quantitative estimate of drug-likeness (QED) is 0.552. The SMILES string of the molecule is CCN(C(=O)OC(C)(C)C)c1nc2ccc(F)cc2c(Cl)c1-c1ccccn1. The van der Waals surface area contributed by atoms with Crippen molar-refractivity contribution in [2.75, 3.05) is 11.4 Å². The molecule has 0 saturated heterocycles. The van der Waals surface area contributed by atoms with Crippen LogP contribution in [0.2, 0.25) is 5.02 Å². The van der Waals surface area contributed by atoms with Crippen LogP contribution in [0.4, 0.5) is 15.0 Å². The number of hydrogen-bond donors (Lipinski definition) is 0. The molecule has 3 rings (SSSR count). The number of carbonyl (C=O) groups is 1. The van der Waals surface area contributed by atoms with Crippen molar-refractivity contribution in [2.45, 2.75) is 33.3 Å². The summed E-state index contributed by atoms with van der Waals surface area (Å²) in [6, 6.07) is 9.51. The van der Waals surface area contributed by atoms with Gasteiger partial charge in [0.05, 0.1) is 21.8 Å². The lowest BCUT2D eigenvalue weighted by atomic mass is 10.1. The predicted molar refractivity (Wildman–Crippen MR) is 109 cm³/mol. The Morgan fingerprint density at radius 1 is 1.25 bits per heavy atom. The van der Waals surface area contributed by atoms with Crippen LogP contribution >= 0.6 is 11.6 Å². The summed E-state index contributed by atoms with van der Waals surface area (Å²) in [6.07, 6.45) is 1.08. The Hall–Kier alpha value is -2.73. The largest absolute Gasteiger partial charge is 0.443 e. The van der Waals surface area contributed by atoms with E-state index in [9.17, 15) is 9.18 Å². The van der Waals surface area contributed by atoms with Crippen LogP contribution in [0.25, 0.3) is 22.2 Å². The number of benzene rings is 1. The Morgan fingerprint density at radius 3 is 2.61 bits per heavy atom. The van der Waals surface area contributed by atoms with Crippen LogP contribution in [0.5, 0.6) is 0 Å². The molecule has 0 unspecified atom stereocenters. The monoisotopic (exact) mass is 401 g/mol. The minimum Gasteiger partial charge on any atom is -0.443 e. The molecule has 0 atom stereocenters. The summed E-state index contributed by atoms with van der Waals surface area (Å²) < 4.78 is 19.3. The van der Waals surface area contributed by atoms with E-state index < -0.39 is 17.5 Å². The number of ether oxygens (including phenoxy) is 1. The highest BCUT2D eigenvalue weighted by Gasteiger charge is 2.28. The smallest absolute Gasteiger partial charge is 0.416 e. The maximum Gasteiger partial charge on any atom is 0.416 e. The fraction of sp³-hybridized carbons (Fsp3) is 0.286. The molecule has 0 saturated carbocycles. The molecule has 0 radical (unpaired) electrons. The number of halogens is 2. The first-order valence-electron chi connectivity index (χ1n) is 8.92. The fourth-order valence-corrected chi connectivity index (χ4v) is 3.13. The maximum absolute atomic E-state index is 13.8. The summed E-state index contributed by atoms with van der Waals surface area (Å²) in [5, 5.41) is 0.728. The molecule has 0 aliphatic carbocycles. The molecule has 0 fully saturated rings. The summed E-state index contributed by atoms with van der Waals surface area (Å²) >= 11 is 6.67. The van der Waals surface area contributed by atoms with Gasteiger partial charge in [-0.25, -0.2) is 14.2 Å². The van der Waals surface area contributed by atoms with Crippen molar-refractivity contribution < 1.29 is 13.9 Å². The van der Waals surface area contributed by atoms with Crippen molar-refractivity contribution in [2.24, 2.45) is 0 Å². The molecule has 0 aliphatic heterocycles. The van der Waals surface area contributed by atoms with E-state index in [1.165, 1.54) is 23.1 Å². The zero-order chi connectivity index (χ0) is 20.5. The van der Waals surface area contributed by atoms with Crippen molar-refractivity contribution in [3.05, 3.63) is 53.4 Å². The van der Waals surface area contributed by atoms with Gasteiger partial charge in [-0.3, -0.25) is 9.88 Å². The van der Waals surface area contributed by atoms with E-state index in [2.05, 4.69) is 9.97 Å². The first-order chi connectivity index (χ1) is 13.2. The van der Waals surface area contributed by atoms with Crippen LogP contribution in [0.1, 0.15) is 27.7 Å². The van der Waals surface area contributed by atoms with E-state index in [1.807, 2.05) is 13.0 Å². The van der Waals surface area contributed by atoms with Gasteiger partial charge >= 0.3 is 6.09 Å². The third-order valence-electron chi connectivity index (χ3n) is 3.97. The summed E-state index contributed by atoms with van der Waals surface area (Å²) in [7, 11) is 0. The van der Waals surface area contributed by atoms with Crippen molar-refractivity contribution in [3.8, 4) is 11.3 Å². The van der Waals surface area contributed by atoms with Crippen molar-refractivity contribution in [3.63, 3.8) is 0 Å². The molecule has 7 heteroatoms. The lowest BCUT2D eigenvalue weighted by Gasteiger charge is -2.27. The Labute approximate surface area is 168 Å². The molecule has 2 heterocycles. The van der Waals surface area contributed by atoms with Gasteiger partial charge in [0.1, 0.15) is 17.2 Å².